The Morgan fingerprint density at radius 2 is 1.04 bits per heavy atom. The second-order valence-corrected chi connectivity index (χ2v) is 10.2. The summed E-state index contributed by atoms with van der Waals surface area (Å²) in [4.78, 5) is 5.20. The minimum atomic E-state index is 0.369. The Morgan fingerprint density at radius 1 is 0.609 bits per heavy atom. The van der Waals surface area contributed by atoms with Crippen LogP contribution in [0.2, 0.25) is 0 Å². The van der Waals surface area contributed by atoms with Crippen LogP contribution in [0.25, 0.3) is 0 Å². The summed E-state index contributed by atoms with van der Waals surface area (Å²) in [5.41, 5.74) is 0.758. The zero-order valence-corrected chi connectivity index (χ0v) is 17.6. The first kappa shape index (κ1) is 21.0. The molecule has 2 heteroatoms. The molecule has 2 saturated heterocycles. The zero-order valence-electron chi connectivity index (χ0n) is 17.6. The van der Waals surface area contributed by atoms with Gasteiger partial charge in [-0.3, -0.25) is 9.80 Å². The summed E-state index contributed by atoms with van der Waals surface area (Å²) < 4.78 is 0. The Morgan fingerprint density at radius 3 is 1.43 bits per heavy atom. The second-order valence-electron chi connectivity index (χ2n) is 10.2. The molecule has 0 aromatic rings. The molecule has 0 aliphatic carbocycles. The molecule has 2 atom stereocenters. The third kappa shape index (κ3) is 7.13. The number of hydrogen-bond acceptors (Lipinski definition) is 2. The molecular weight excluding hydrogens is 280 g/mol. The van der Waals surface area contributed by atoms with Crippen LogP contribution in [0.4, 0.5) is 0 Å². The molecule has 0 saturated carbocycles. The maximum Gasteiger partial charge on any atom is 0.0125 e. The first-order valence-electron chi connectivity index (χ1n) is 9.91. The van der Waals surface area contributed by atoms with Gasteiger partial charge in [-0.1, -0.05) is 20.8 Å². The van der Waals surface area contributed by atoms with Gasteiger partial charge in [0, 0.05) is 17.6 Å². The number of piperidine rings is 2. The van der Waals surface area contributed by atoms with Crippen molar-refractivity contribution in [3.63, 3.8) is 0 Å². The summed E-state index contributed by atoms with van der Waals surface area (Å²) in [6, 6.07) is 0. The van der Waals surface area contributed by atoms with Gasteiger partial charge in [-0.25, -0.2) is 0 Å². The highest BCUT2D eigenvalue weighted by Gasteiger charge is 2.29. The van der Waals surface area contributed by atoms with Gasteiger partial charge in [0.1, 0.15) is 0 Å². The van der Waals surface area contributed by atoms with Crippen LogP contribution in [0.3, 0.4) is 0 Å². The van der Waals surface area contributed by atoms with Crippen molar-refractivity contribution in [2.24, 2.45) is 17.8 Å². The second kappa shape index (κ2) is 8.34. The molecule has 0 amide bonds. The van der Waals surface area contributed by atoms with Crippen LogP contribution < -0.4 is 0 Å². The van der Waals surface area contributed by atoms with Crippen LogP contribution >= 0.6 is 0 Å². The lowest BCUT2D eigenvalue weighted by atomic mass is 9.86. The predicted octanol–water partition coefficient (Wildman–Crippen LogP) is 5.28. The summed E-state index contributed by atoms with van der Waals surface area (Å²) >= 11 is 0. The van der Waals surface area contributed by atoms with E-state index in [9.17, 15) is 0 Å². The Balaban J connectivity index is 0.000000231. The van der Waals surface area contributed by atoms with Gasteiger partial charge in [0.15, 0.2) is 0 Å². The molecule has 2 aliphatic heterocycles. The van der Waals surface area contributed by atoms with Crippen LogP contribution in [0, 0.1) is 17.8 Å². The minimum absolute atomic E-state index is 0.369. The van der Waals surface area contributed by atoms with E-state index in [1.54, 1.807) is 0 Å². The molecule has 2 heterocycles. The van der Waals surface area contributed by atoms with Crippen molar-refractivity contribution in [1.82, 2.24) is 9.80 Å². The molecule has 0 aromatic heterocycles. The zero-order chi connectivity index (χ0) is 17.8. The number of nitrogens with zero attached hydrogens (tertiary/aromatic N) is 2. The van der Waals surface area contributed by atoms with E-state index in [0.717, 1.165) is 17.8 Å². The third-order valence-electron chi connectivity index (χ3n) is 6.02. The van der Waals surface area contributed by atoms with Crippen LogP contribution in [-0.2, 0) is 0 Å². The number of hydrogen-bond donors (Lipinski definition) is 0. The SMILES string of the molecule is CC1CCN(C(C)(C)C)CC1.CC1CCN(C(C)(C)C)CC1C. The van der Waals surface area contributed by atoms with Gasteiger partial charge in [0.05, 0.1) is 0 Å². The minimum Gasteiger partial charge on any atom is -0.298 e. The van der Waals surface area contributed by atoms with Gasteiger partial charge in [0.25, 0.3) is 0 Å². The van der Waals surface area contributed by atoms with Gasteiger partial charge in [-0.2, -0.15) is 0 Å². The highest BCUT2D eigenvalue weighted by molar-refractivity contribution is 4.83. The van der Waals surface area contributed by atoms with E-state index >= 15 is 0 Å². The Kier molecular flexibility index (Phi) is 7.60. The molecule has 0 spiro atoms. The maximum atomic E-state index is 2.61. The van der Waals surface area contributed by atoms with Gasteiger partial charge >= 0.3 is 0 Å². The molecule has 0 aromatic carbocycles. The van der Waals surface area contributed by atoms with E-state index in [4.69, 9.17) is 0 Å². The lowest BCUT2D eigenvalue weighted by molar-refractivity contribution is 0.0584. The quantitative estimate of drug-likeness (QED) is 0.598. The molecular formula is C21H44N2. The fourth-order valence-electron chi connectivity index (χ4n) is 3.55. The molecule has 2 aliphatic rings. The average molecular weight is 325 g/mol. The topological polar surface area (TPSA) is 6.48 Å². The number of likely N-dealkylation sites (tertiary alicyclic amines) is 2. The van der Waals surface area contributed by atoms with Crippen LogP contribution in [0.1, 0.15) is 81.6 Å². The highest BCUT2D eigenvalue weighted by atomic mass is 15.2. The van der Waals surface area contributed by atoms with Crippen LogP contribution in [-0.4, -0.2) is 47.1 Å². The molecule has 0 radical (unpaired) electrons. The highest BCUT2D eigenvalue weighted by Crippen LogP contribution is 2.27. The molecule has 23 heavy (non-hydrogen) atoms. The van der Waals surface area contributed by atoms with Crippen molar-refractivity contribution in [1.29, 1.82) is 0 Å². The molecule has 2 fully saturated rings. The van der Waals surface area contributed by atoms with Crippen molar-refractivity contribution in [3.05, 3.63) is 0 Å². The largest absolute Gasteiger partial charge is 0.298 e. The van der Waals surface area contributed by atoms with Crippen molar-refractivity contribution in [3.8, 4) is 0 Å². The Hall–Kier alpha value is -0.0800. The summed E-state index contributed by atoms with van der Waals surface area (Å²) in [6.07, 6.45) is 4.15. The summed E-state index contributed by atoms with van der Waals surface area (Å²) in [6.45, 7) is 26.2. The van der Waals surface area contributed by atoms with Gasteiger partial charge in [-0.15, -0.1) is 0 Å². The maximum absolute atomic E-state index is 2.61. The fourth-order valence-corrected chi connectivity index (χ4v) is 3.55. The predicted molar refractivity (Wildman–Crippen MR) is 104 cm³/mol. The van der Waals surface area contributed by atoms with Crippen molar-refractivity contribution >= 4 is 0 Å². The third-order valence-corrected chi connectivity index (χ3v) is 6.02. The number of rotatable bonds is 0. The average Bonchev–Trinajstić information content (AvgIpc) is 2.41. The molecule has 2 unspecified atom stereocenters. The standard InChI is InChI=1S/C11H23N.C10H21N/c1-9-6-7-12(8-10(9)2)11(3,4)5;1-9-5-7-11(8-6-9)10(2,3)4/h9-10H,6-8H2,1-5H3;9H,5-8H2,1-4H3. The van der Waals surface area contributed by atoms with Crippen molar-refractivity contribution < 1.29 is 0 Å². The van der Waals surface area contributed by atoms with E-state index in [2.05, 4.69) is 72.1 Å². The van der Waals surface area contributed by atoms with Crippen molar-refractivity contribution in [2.75, 3.05) is 26.2 Å². The molecule has 2 nitrogen and oxygen atoms in total. The summed E-state index contributed by atoms with van der Waals surface area (Å²) in [5, 5.41) is 0. The van der Waals surface area contributed by atoms with Gasteiger partial charge in [-0.05, 0) is 98.2 Å². The Bertz CT molecular complexity index is 329. The van der Waals surface area contributed by atoms with Crippen LogP contribution in [0.5, 0.6) is 0 Å². The van der Waals surface area contributed by atoms with E-state index in [1.807, 2.05) is 0 Å². The first-order valence-corrected chi connectivity index (χ1v) is 9.91. The van der Waals surface area contributed by atoms with E-state index < -0.39 is 0 Å². The molecule has 0 bridgehead atoms. The molecule has 0 N–H and O–H groups in total. The lowest BCUT2D eigenvalue weighted by Gasteiger charge is -2.43. The smallest absolute Gasteiger partial charge is 0.0125 e. The van der Waals surface area contributed by atoms with E-state index in [-0.39, 0.29) is 0 Å². The van der Waals surface area contributed by atoms with E-state index in [1.165, 1.54) is 45.4 Å². The van der Waals surface area contributed by atoms with Gasteiger partial charge < -0.3 is 0 Å². The molecule has 138 valence electrons. The monoisotopic (exact) mass is 324 g/mol. The first-order chi connectivity index (χ1) is 10.4. The summed E-state index contributed by atoms with van der Waals surface area (Å²) in [5.74, 6) is 2.75. The van der Waals surface area contributed by atoms with E-state index in [0.29, 0.717) is 11.1 Å². The molecule has 2 rings (SSSR count). The summed E-state index contributed by atoms with van der Waals surface area (Å²) in [7, 11) is 0. The van der Waals surface area contributed by atoms with Crippen LogP contribution in [0.15, 0.2) is 0 Å². The lowest BCUT2D eigenvalue weighted by Crippen LogP contribution is -2.48. The Labute approximate surface area is 147 Å². The fraction of sp³-hybridized carbons (Fsp3) is 1.00. The van der Waals surface area contributed by atoms with Crippen molar-refractivity contribution in [2.45, 2.75) is 92.7 Å². The normalized spacial score (nSPS) is 29.1. The van der Waals surface area contributed by atoms with Gasteiger partial charge in [0.2, 0.25) is 0 Å².